The van der Waals surface area contributed by atoms with Crippen LogP contribution in [-0.2, 0) is 21.3 Å². The first kappa shape index (κ1) is 17.1. The average molecular weight is 304 g/mol. The van der Waals surface area contributed by atoms with E-state index in [2.05, 4.69) is 20.2 Å². The number of nitrogens with one attached hydrogen (secondary N) is 3. The number of rotatable bonds is 8. The number of ether oxygens (including phenoxy) is 1. The number of aromatic amines is 1. The van der Waals surface area contributed by atoms with Gasteiger partial charge < -0.3 is 10.1 Å². The van der Waals surface area contributed by atoms with Gasteiger partial charge in [0.25, 0.3) is 10.0 Å². The van der Waals surface area contributed by atoms with Crippen molar-refractivity contribution in [2.45, 2.75) is 50.8 Å². The van der Waals surface area contributed by atoms with Crippen LogP contribution in [0.5, 0.6) is 0 Å². The summed E-state index contributed by atoms with van der Waals surface area (Å²) in [7, 11) is -2.13. The van der Waals surface area contributed by atoms with Crippen molar-refractivity contribution >= 4 is 10.0 Å². The van der Waals surface area contributed by atoms with Crippen LogP contribution in [0, 0.1) is 0 Å². The summed E-state index contributed by atoms with van der Waals surface area (Å²) in [6.07, 6.45) is 1.52. The molecule has 116 valence electrons. The zero-order valence-electron chi connectivity index (χ0n) is 12.6. The molecule has 0 aromatic carbocycles. The van der Waals surface area contributed by atoms with Crippen LogP contribution >= 0.6 is 0 Å². The minimum atomic E-state index is -3.66. The van der Waals surface area contributed by atoms with Gasteiger partial charge in [-0.3, -0.25) is 5.10 Å². The Bertz CT molecular complexity index is 523. The fourth-order valence-electron chi connectivity index (χ4n) is 1.78. The van der Waals surface area contributed by atoms with E-state index < -0.39 is 15.6 Å². The summed E-state index contributed by atoms with van der Waals surface area (Å²) < 4.78 is 32.4. The van der Waals surface area contributed by atoms with Gasteiger partial charge in [-0.25, -0.2) is 13.1 Å². The van der Waals surface area contributed by atoms with Crippen LogP contribution in [0.25, 0.3) is 0 Å². The van der Waals surface area contributed by atoms with Crippen LogP contribution in [-0.4, -0.2) is 43.9 Å². The molecule has 0 saturated carbocycles. The van der Waals surface area contributed by atoms with Crippen molar-refractivity contribution in [1.82, 2.24) is 20.2 Å². The van der Waals surface area contributed by atoms with Crippen LogP contribution in [0.15, 0.2) is 11.2 Å². The summed E-state index contributed by atoms with van der Waals surface area (Å²) in [5, 5.41) is 9.64. The highest BCUT2D eigenvalue weighted by Crippen LogP contribution is 2.15. The maximum absolute atomic E-state index is 12.4. The molecule has 0 aliphatic rings. The third kappa shape index (κ3) is 4.86. The van der Waals surface area contributed by atoms with Gasteiger partial charge in [0.1, 0.15) is 0 Å². The number of sulfonamides is 1. The molecule has 0 fully saturated rings. The van der Waals surface area contributed by atoms with E-state index in [1.165, 1.54) is 13.3 Å². The number of hydrogen-bond donors (Lipinski definition) is 3. The predicted molar refractivity (Wildman–Crippen MR) is 76.8 cm³/mol. The van der Waals surface area contributed by atoms with E-state index in [-0.39, 0.29) is 17.7 Å². The third-order valence-corrected chi connectivity index (χ3v) is 4.28. The lowest BCUT2D eigenvalue weighted by molar-refractivity contribution is 0.141. The van der Waals surface area contributed by atoms with Gasteiger partial charge in [-0.2, -0.15) is 5.10 Å². The highest BCUT2D eigenvalue weighted by molar-refractivity contribution is 7.89. The van der Waals surface area contributed by atoms with Crippen molar-refractivity contribution in [3.63, 3.8) is 0 Å². The molecule has 0 bridgehead atoms. The largest absolute Gasteiger partial charge is 0.383 e. The zero-order chi connectivity index (χ0) is 15.4. The fourth-order valence-corrected chi connectivity index (χ4v) is 3.31. The second-order valence-corrected chi connectivity index (χ2v) is 7.30. The van der Waals surface area contributed by atoms with E-state index in [0.717, 1.165) is 0 Å². The van der Waals surface area contributed by atoms with Crippen LogP contribution in [0.4, 0.5) is 0 Å². The molecule has 0 unspecified atom stereocenters. The topological polar surface area (TPSA) is 96.1 Å². The molecule has 1 heterocycles. The molecular weight excluding hydrogens is 280 g/mol. The van der Waals surface area contributed by atoms with Gasteiger partial charge in [-0.05, 0) is 13.8 Å². The molecule has 0 atom stereocenters. The maximum atomic E-state index is 12.4. The number of methoxy groups -OCH3 is 1. The summed E-state index contributed by atoms with van der Waals surface area (Å²) >= 11 is 0. The van der Waals surface area contributed by atoms with Gasteiger partial charge in [0.2, 0.25) is 0 Å². The minimum Gasteiger partial charge on any atom is -0.383 e. The molecule has 1 aromatic rings. The van der Waals surface area contributed by atoms with Crippen molar-refractivity contribution < 1.29 is 13.2 Å². The van der Waals surface area contributed by atoms with Gasteiger partial charge in [-0.1, -0.05) is 13.8 Å². The van der Waals surface area contributed by atoms with E-state index in [1.807, 2.05) is 13.8 Å². The molecule has 8 heteroatoms. The third-order valence-electron chi connectivity index (χ3n) is 2.56. The monoisotopic (exact) mass is 304 g/mol. The minimum absolute atomic E-state index is 0.0924. The predicted octanol–water partition coefficient (Wildman–Crippen LogP) is 0.611. The Kier molecular flexibility index (Phi) is 5.69. The van der Waals surface area contributed by atoms with Gasteiger partial charge >= 0.3 is 0 Å². The molecule has 0 spiro atoms. The van der Waals surface area contributed by atoms with Gasteiger partial charge in [-0.15, -0.1) is 0 Å². The highest BCUT2D eigenvalue weighted by Gasteiger charge is 2.29. The van der Waals surface area contributed by atoms with E-state index in [9.17, 15) is 8.42 Å². The normalized spacial score (nSPS) is 13.1. The first-order chi connectivity index (χ1) is 9.18. The van der Waals surface area contributed by atoms with E-state index in [4.69, 9.17) is 4.74 Å². The molecule has 3 N–H and O–H groups in total. The van der Waals surface area contributed by atoms with Crippen molar-refractivity contribution in [3.05, 3.63) is 11.8 Å². The van der Waals surface area contributed by atoms with Crippen molar-refractivity contribution in [2.24, 2.45) is 0 Å². The summed E-state index contributed by atoms with van der Waals surface area (Å²) in [6, 6.07) is 0.262. The first-order valence-electron chi connectivity index (χ1n) is 6.46. The van der Waals surface area contributed by atoms with Gasteiger partial charge in [0, 0.05) is 25.3 Å². The molecule has 1 rings (SSSR count). The van der Waals surface area contributed by atoms with E-state index in [0.29, 0.717) is 12.1 Å². The lowest BCUT2D eigenvalue weighted by atomic mass is 10.1. The maximum Gasteiger partial charge on any atom is 0.258 e. The zero-order valence-corrected chi connectivity index (χ0v) is 13.5. The molecule has 0 aliphatic heterocycles. The number of aromatic nitrogens is 2. The second kappa shape index (κ2) is 6.66. The molecule has 7 nitrogen and oxygen atoms in total. The Balaban J connectivity index is 2.90. The Morgan fingerprint density at radius 1 is 1.45 bits per heavy atom. The van der Waals surface area contributed by atoms with Crippen LogP contribution in [0.2, 0.25) is 0 Å². The Labute approximate surface area is 120 Å². The van der Waals surface area contributed by atoms with Crippen LogP contribution < -0.4 is 10.0 Å². The Hall–Kier alpha value is -0.960. The van der Waals surface area contributed by atoms with E-state index >= 15 is 0 Å². The Morgan fingerprint density at radius 3 is 2.65 bits per heavy atom. The molecule has 0 saturated heterocycles. The van der Waals surface area contributed by atoms with Crippen molar-refractivity contribution in [1.29, 1.82) is 0 Å². The SMILES string of the molecule is COCC(C)(C)NS(=O)(=O)c1[nH]ncc1CNC(C)C. The fraction of sp³-hybridized carbons (Fsp3) is 0.750. The van der Waals surface area contributed by atoms with Crippen LogP contribution in [0.1, 0.15) is 33.3 Å². The lowest BCUT2D eigenvalue weighted by Gasteiger charge is -2.24. The van der Waals surface area contributed by atoms with Gasteiger partial charge in [0.05, 0.1) is 18.3 Å². The van der Waals surface area contributed by atoms with E-state index in [1.54, 1.807) is 13.8 Å². The van der Waals surface area contributed by atoms with Crippen molar-refractivity contribution in [3.8, 4) is 0 Å². The van der Waals surface area contributed by atoms with Crippen LogP contribution in [0.3, 0.4) is 0 Å². The molecule has 0 radical (unpaired) electrons. The number of H-pyrrole nitrogens is 1. The lowest BCUT2D eigenvalue weighted by Crippen LogP contribution is -2.47. The first-order valence-corrected chi connectivity index (χ1v) is 7.95. The standard InChI is InChI=1S/C12H24N4O3S/c1-9(2)13-6-10-7-14-15-11(10)20(17,18)16-12(3,4)8-19-5/h7,9,13,16H,6,8H2,1-5H3,(H,14,15). The molecule has 20 heavy (non-hydrogen) atoms. The second-order valence-electron chi connectivity index (χ2n) is 5.68. The number of hydrogen-bond acceptors (Lipinski definition) is 5. The number of nitrogens with zero attached hydrogens (tertiary/aromatic N) is 1. The smallest absolute Gasteiger partial charge is 0.258 e. The highest BCUT2D eigenvalue weighted by atomic mass is 32.2. The molecule has 0 aliphatic carbocycles. The molecular formula is C12H24N4O3S. The summed E-state index contributed by atoms with van der Waals surface area (Å²) in [5.74, 6) is 0. The van der Waals surface area contributed by atoms with Crippen molar-refractivity contribution in [2.75, 3.05) is 13.7 Å². The molecule has 1 aromatic heterocycles. The summed E-state index contributed by atoms with van der Waals surface area (Å²) in [6.45, 7) is 8.23. The summed E-state index contributed by atoms with van der Waals surface area (Å²) in [4.78, 5) is 0. The molecule has 0 amide bonds. The summed E-state index contributed by atoms with van der Waals surface area (Å²) in [5.41, 5.74) is -0.0824. The average Bonchev–Trinajstić information content (AvgIpc) is 2.73. The Morgan fingerprint density at radius 2 is 2.10 bits per heavy atom. The van der Waals surface area contributed by atoms with Gasteiger partial charge in [0.15, 0.2) is 5.03 Å². The quantitative estimate of drug-likeness (QED) is 0.654.